The van der Waals surface area contributed by atoms with Crippen molar-refractivity contribution in [3.8, 4) is 11.3 Å². The number of ether oxygens (including phenoxy) is 2. The number of nitrogens with one attached hydrogen (secondary N) is 1. The van der Waals surface area contributed by atoms with Crippen molar-refractivity contribution in [2.45, 2.75) is 33.4 Å². The Bertz CT molecular complexity index is 1030. The highest BCUT2D eigenvalue weighted by atomic mass is 16.5. The molecule has 0 unspecified atom stereocenters. The summed E-state index contributed by atoms with van der Waals surface area (Å²) in [6.07, 6.45) is -0.0107. The lowest BCUT2D eigenvalue weighted by atomic mass is 10.1. The SMILES string of the molecule is COC(=O)c1cc(-c2ccccc2)n(CC(C)C)c1CCNC(=O)OCc1ccccc1. The minimum atomic E-state index is -0.487. The topological polar surface area (TPSA) is 69.6 Å². The average molecular weight is 435 g/mol. The number of amides is 1. The van der Waals surface area contributed by atoms with Gasteiger partial charge in [-0.2, -0.15) is 0 Å². The molecule has 168 valence electrons. The molecule has 0 saturated carbocycles. The number of rotatable bonds is 9. The van der Waals surface area contributed by atoms with Crippen molar-refractivity contribution < 1.29 is 19.1 Å². The van der Waals surface area contributed by atoms with Gasteiger partial charge < -0.3 is 19.4 Å². The van der Waals surface area contributed by atoms with Crippen LogP contribution in [-0.2, 0) is 29.0 Å². The monoisotopic (exact) mass is 434 g/mol. The third kappa shape index (κ3) is 6.00. The second-order valence-electron chi connectivity index (χ2n) is 7.99. The fourth-order valence-electron chi connectivity index (χ4n) is 3.62. The van der Waals surface area contributed by atoms with Crippen LogP contribution in [0, 0.1) is 5.92 Å². The molecule has 1 aromatic heterocycles. The van der Waals surface area contributed by atoms with Gasteiger partial charge in [0.25, 0.3) is 0 Å². The Morgan fingerprint density at radius 1 is 1.00 bits per heavy atom. The molecule has 1 amide bonds. The molecule has 2 aromatic carbocycles. The van der Waals surface area contributed by atoms with Gasteiger partial charge in [-0.3, -0.25) is 0 Å². The van der Waals surface area contributed by atoms with Crippen molar-refractivity contribution in [3.05, 3.63) is 83.6 Å². The van der Waals surface area contributed by atoms with Crippen molar-refractivity contribution in [2.24, 2.45) is 5.92 Å². The molecule has 6 heteroatoms. The van der Waals surface area contributed by atoms with Crippen LogP contribution in [0.1, 0.15) is 35.5 Å². The predicted molar refractivity (Wildman–Crippen MR) is 124 cm³/mol. The lowest BCUT2D eigenvalue weighted by molar-refractivity contribution is 0.0599. The van der Waals surface area contributed by atoms with E-state index in [9.17, 15) is 9.59 Å². The van der Waals surface area contributed by atoms with Crippen LogP contribution < -0.4 is 5.32 Å². The Kier molecular flexibility index (Phi) is 8.08. The molecule has 1 N–H and O–H groups in total. The number of carbonyl (C=O) groups excluding carboxylic acids is 2. The molecule has 0 aliphatic rings. The molecular formula is C26H30N2O4. The fraction of sp³-hybridized carbons (Fsp3) is 0.308. The molecular weight excluding hydrogens is 404 g/mol. The zero-order valence-corrected chi connectivity index (χ0v) is 18.8. The molecule has 0 saturated heterocycles. The second kappa shape index (κ2) is 11.2. The van der Waals surface area contributed by atoms with Crippen LogP contribution >= 0.6 is 0 Å². The summed E-state index contributed by atoms with van der Waals surface area (Å²) in [6.45, 7) is 5.57. The maximum Gasteiger partial charge on any atom is 0.407 e. The van der Waals surface area contributed by atoms with Crippen molar-refractivity contribution in [1.29, 1.82) is 0 Å². The molecule has 32 heavy (non-hydrogen) atoms. The zero-order chi connectivity index (χ0) is 22.9. The van der Waals surface area contributed by atoms with Gasteiger partial charge in [-0.25, -0.2) is 9.59 Å². The molecule has 6 nitrogen and oxygen atoms in total. The third-order valence-electron chi connectivity index (χ3n) is 5.08. The summed E-state index contributed by atoms with van der Waals surface area (Å²) in [5.74, 6) is -0.00996. The Morgan fingerprint density at radius 3 is 2.28 bits per heavy atom. The van der Waals surface area contributed by atoms with E-state index in [0.29, 0.717) is 24.4 Å². The number of carbonyl (C=O) groups is 2. The van der Waals surface area contributed by atoms with Gasteiger partial charge in [0, 0.05) is 30.9 Å². The molecule has 3 aromatic rings. The lowest BCUT2D eigenvalue weighted by Crippen LogP contribution is -2.27. The number of esters is 1. The molecule has 0 aliphatic carbocycles. The second-order valence-corrected chi connectivity index (χ2v) is 7.99. The van der Waals surface area contributed by atoms with Gasteiger partial charge >= 0.3 is 12.1 Å². The summed E-state index contributed by atoms with van der Waals surface area (Å²) in [7, 11) is 1.38. The van der Waals surface area contributed by atoms with Crippen LogP contribution in [0.15, 0.2) is 66.7 Å². The number of hydrogen-bond acceptors (Lipinski definition) is 4. The van der Waals surface area contributed by atoms with E-state index in [2.05, 4.69) is 23.7 Å². The van der Waals surface area contributed by atoms with Crippen molar-refractivity contribution in [2.75, 3.05) is 13.7 Å². The predicted octanol–water partition coefficient (Wildman–Crippen LogP) is 5.07. The highest BCUT2D eigenvalue weighted by molar-refractivity contribution is 5.92. The van der Waals surface area contributed by atoms with E-state index in [1.807, 2.05) is 66.7 Å². The van der Waals surface area contributed by atoms with Crippen molar-refractivity contribution in [1.82, 2.24) is 9.88 Å². The molecule has 0 bridgehead atoms. The molecule has 0 radical (unpaired) electrons. The van der Waals surface area contributed by atoms with Crippen molar-refractivity contribution in [3.63, 3.8) is 0 Å². The minimum absolute atomic E-state index is 0.210. The van der Waals surface area contributed by atoms with Crippen molar-refractivity contribution >= 4 is 12.1 Å². The fourth-order valence-corrected chi connectivity index (χ4v) is 3.62. The molecule has 0 aliphatic heterocycles. The third-order valence-corrected chi connectivity index (χ3v) is 5.08. The van der Waals surface area contributed by atoms with Gasteiger partial charge in [0.1, 0.15) is 6.61 Å². The van der Waals surface area contributed by atoms with Crippen LogP contribution in [0.4, 0.5) is 4.79 Å². The Morgan fingerprint density at radius 2 is 1.66 bits per heavy atom. The number of hydrogen-bond donors (Lipinski definition) is 1. The molecule has 0 fully saturated rings. The maximum atomic E-state index is 12.5. The number of alkyl carbamates (subject to hydrolysis) is 1. The summed E-state index contributed by atoms with van der Waals surface area (Å²) in [6, 6.07) is 21.4. The number of aromatic nitrogens is 1. The van der Waals surface area contributed by atoms with Crippen LogP contribution in [0.25, 0.3) is 11.3 Å². The number of benzene rings is 2. The van der Waals surface area contributed by atoms with E-state index in [0.717, 1.165) is 29.1 Å². The van der Waals surface area contributed by atoms with Gasteiger partial charge in [0.05, 0.1) is 12.7 Å². The number of methoxy groups -OCH3 is 1. The van der Waals surface area contributed by atoms with Crippen LogP contribution in [-0.4, -0.2) is 30.3 Å². The van der Waals surface area contributed by atoms with Gasteiger partial charge in [-0.1, -0.05) is 74.5 Å². The molecule has 1 heterocycles. The van der Waals surface area contributed by atoms with E-state index in [1.54, 1.807) is 0 Å². The largest absolute Gasteiger partial charge is 0.465 e. The van der Waals surface area contributed by atoms with E-state index < -0.39 is 6.09 Å². The van der Waals surface area contributed by atoms with E-state index in [-0.39, 0.29) is 12.6 Å². The minimum Gasteiger partial charge on any atom is -0.465 e. The zero-order valence-electron chi connectivity index (χ0n) is 18.8. The molecule has 0 spiro atoms. The molecule has 0 atom stereocenters. The lowest BCUT2D eigenvalue weighted by Gasteiger charge is -2.17. The first-order valence-corrected chi connectivity index (χ1v) is 10.8. The van der Waals surface area contributed by atoms with Gasteiger partial charge in [0.2, 0.25) is 0 Å². The van der Waals surface area contributed by atoms with Gasteiger partial charge in [0.15, 0.2) is 0 Å². The first-order valence-electron chi connectivity index (χ1n) is 10.8. The summed E-state index contributed by atoms with van der Waals surface area (Å²) in [5, 5.41) is 2.79. The summed E-state index contributed by atoms with van der Waals surface area (Å²) in [5.41, 5.74) is 4.27. The summed E-state index contributed by atoms with van der Waals surface area (Å²) < 4.78 is 12.5. The number of nitrogens with zero attached hydrogens (tertiary/aromatic N) is 1. The quantitative estimate of drug-likeness (QED) is 0.478. The molecule has 3 rings (SSSR count). The van der Waals surface area contributed by atoms with E-state index in [1.165, 1.54) is 7.11 Å². The van der Waals surface area contributed by atoms with Crippen LogP contribution in [0.5, 0.6) is 0 Å². The summed E-state index contributed by atoms with van der Waals surface area (Å²) >= 11 is 0. The first kappa shape index (κ1) is 23.1. The normalized spacial score (nSPS) is 10.8. The van der Waals surface area contributed by atoms with E-state index >= 15 is 0 Å². The Balaban J connectivity index is 1.76. The standard InChI is InChI=1S/C26H30N2O4/c1-19(2)17-28-23(14-15-27-26(30)32-18-20-10-6-4-7-11-20)22(25(29)31-3)16-24(28)21-12-8-5-9-13-21/h4-13,16,19H,14-15,17-18H2,1-3H3,(H,27,30). The van der Waals surface area contributed by atoms with Gasteiger partial charge in [-0.05, 0) is 23.1 Å². The van der Waals surface area contributed by atoms with Gasteiger partial charge in [-0.15, -0.1) is 0 Å². The van der Waals surface area contributed by atoms with Crippen LogP contribution in [0.3, 0.4) is 0 Å². The summed E-state index contributed by atoms with van der Waals surface area (Å²) in [4.78, 5) is 24.7. The average Bonchev–Trinajstić information content (AvgIpc) is 3.16. The highest BCUT2D eigenvalue weighted by Gasteiger charge is 2.22. The van der Waals surface area contributed by atoms with E-state index in [4.69, 9.17) is 9.47 Å². The van der Waals surface area contributed by atoms with Crippen LogP contribution in [0.2, 0.25) is 0 Å². The Labute approximate surface area is 189 Å². The first-order chi connectivity index (χ1) is 15.5. The smallest absolute Gasteiger partial charge is 0.407 e. The maximum absolute atomic E-state index is 12.5. The highest BCUT2D eigenvalue weighted by Crippen LogP contribution is 2.28. The Hall–Kier alpha value is -3.54.